The minimum Gasteiger partial charge on any atom is -0.493 e. The average Bonchev–Trinajstić information content (AvgIpc) is 2.49. The van der Waals surface area contributed by atoms with Crippen molar-refractivity contribution in [3.8, 4) is 17.2 Å². The van der Waals surface area contributed by atoms with Crippen LogP contribution in [0.3, 0.4) is 0 Å². The molecule has 5 heteroatoms. The Balaban J connectivity index is 2.84. The molecule has 0 saturated heterocycles. The normalized spacial score (nSPS) is 10.4. The first-order valence-electron chi connectivity index (χ1n) is 6.41. The van der Waals surface area contributed by atoms with Crippen LogP contribution in [0.25, 0.3) is 6.08 Å². The molecule has 5 nitrogen and oxygen atoms in total. The summed E-state index contributed by atoms with van der Waals surface area (Å²) < 4.78 is 15.8. The van der Waals surface area contributed by atoms with Gasteiger partial charge in [-0.15, -0.1) is 0 Å². The van der Waals surface area contributed by atoms with E-state index in [1.165, 1.54) is 0 Å². The lowest BCUT2D eigenvalue weighted by atomic mass is 10.1. The third-order valence-electron chi connectivity index (χ3n) is 2.91. The van der Waals surface area contributed by atoms with E-state index in [9.17, 15) is 4.79 Å². The standard InChI is InChI=1S/C16H20O5/c1-11(16(17)18)7-5-6-8-12-9-13(19-2)15(21-4)14(10-12)20-3/h6,8-10H,1,5,7H2,2-4H3,(H,17,18). The number of carboxylic acid groups (broad SMARTS) is 1. The highest BCUT2D eigenvalue weighted by atomic mass is 16.5. The Kier molecular flexibility index (Phi) is 6.33. The molecule has 0 bridgehead atoms. The van der Waals surface area contributed by atoms with E-state index in [-0.39, 0.29) is 5.57 Å². The summed E-state index contributed by atoms with van der Waals surface area (Å²) in [6.45, 7) is 3.49. The minimum absolute atomic E-state index is 0.199. The molecule has 1 rings (SSSR count). The molecule has 0 fully saturated rings. The van der Waals surface area contributed by atoms with Crippen molar-refractivity contribution in [3.05, 3.63) is 35.9 Å². The van der Waals surface area contributed by atoms with Gasteiger partial charge >= 0.3 is 5.97 Å². The quantitative estimate of drug-likeness (QED) is 0.746. The molecule has 1 aromatic carbocycles. The molecule has 0 atom stereocenters. The molecule has 0 aliphatic rings. The van der Waals surface area contributed by atoms with Gasteiger partial charge in [-0.1, -0.05) is 18.7 Å². The van der Waals surface area contributed by atoms with Crippen molar-refractivity contribution in [2.24, 2.45) is 0 Å². The molecular weight excluding hydrogens is 272 g/mol. The van der Waals surface area contributed by atoms with Crippen molar-refractivity contribution in [1.82, 2.24) is 0 Å². The van der Waals surface area contributed by atoms with Gasteiger partial charge < -0.3 is 19.3 Å². The Morgan fingerprint density at radius 2 is 1.76 bits per heavy atom. The van der Waals surface area contributed by atoms with Crippen molar-refractivity contribution in [2.45, 2.75) is 12.8 Å². The zero-order chi connectivity index (χ0) is 15.8. The first kappa shape index (κ1) is 16.6. The topological polar surface area (TPSA) is 65.0 Å². The molecule has 1 aromatic rings. The van der Waals surface area contributed by atoms with Gasteiger partial charge in [0, 0.05) is 5.57 Å². The zero-order valence-electron chi connectivity index (χ0n) is 12.5. The van der Waals surface area contributed by atoms with Gasteiger partial charge in [0.2, 0.25) is 5.75 Å². The Bertz CT molecular complexity index is 521. The molecule has 0 unspecified atom stereocenters. The molecule has 0 heterocycles. The Morgan fingerprint density at radius 1 is 1.19 bits per heavy atom. The van der Waals surface area contributed by atoms with Crippen LogP contribution in [0, 0.1) is 0 Å². The molecule has 0 amide bonds. The first-order chi connectivity index (χ1) is 10.0. The Hall–Kier alpha value is -2.43. The number of methoxy groups -OCH3 is 3. The number of benzene rings is 1. The number of carbonyl (C=O) groups is 1. The minimum atomic E-state index is -0.962. The van der Waals surface area contributed by atoms with Crippen LogP contribution in [0.1, 0.15) is 18.4 Å². The molecule has 0 aliphatic carbocycles. The average molecular weight is 292 g/mol. The SMILES string of the molecule is C=C(CCC=Cc1cc(OC)c(OC)c(OC)c1)C(=O)O. The van der Waals surface area contributed by atoms with E-state index in [4.69, 9.17) is 19.3 Å². The van der Waals surface area contributed by atoms with Gasteiger partial charge in [0.25, 0.3) is 0 Å². The second kappa shape index (κ2) is 7.99. The summed E-state index contributed by atoms with van der Waals surface area (Å²) >= 11 is 0. The van der Waals surface area contributed by atoms with Gasteiger partial charge in [0.05, 0.1) is 21.3 Å². The largest absolute Gasteiger partial charge is 0.493 e. The number of hydrogen-bond donors (Lipinski definition) is 1. The predicted octanol–water partition coefficient (Wildman–Crippen LogP) is 3.15. The van der Waals surface area contributed by atoms with Crippen molar-refractivity contribution in [3.63, 3.8) is 0 Å². The highest BCUT2D eigenvalue weighted by Gasteiger charge is 2.11. The van der Waals surface area contributed by atoms with Crippen LogP contribution in [0.4, 0.5) is 0 Å². The van der Waals surface area contributed by atoms with Crippen molar-refractivity contribution in [2.75, 3.05) is 21.3 Å². The molecule has 0 radical (unpaired) electrons. The van der Waals surface area contributed by atoms with E-state index in [2.05, 4.69) is 6.58 Å². The highest BCUT2D eigenvalue weighted by molar-refractivity contribution is 5.85. The Labute approximate surface area is 124 Å². The number of hydrogen-bond acceptors (Lipinski definition) is 4. The maximum Gasteiger partial charge on any atom is 0.330 e. The van der Waals surface area contributed by atoms with Crippen LogP contribution >= 0.6 is 0 Å². The van der Waals surface area contributed by atoms with E-state index in [0.29, 0.717) is 30.1 Å². The Morgan fingerprint density at radius 3 is 2.19 bits per heavy atom. The van der Waals surface area contributed by atoms with E-state index in [1.807, 2.05) is 24.3 Å². The second-order valence-corrected chi connectivity index (χ2v) is 4.31. The van der Waals surface area contributed by atoms with E-state index in [0.717, 1.165) is 5.56 Å². The van der Waals surface area contributed by atoms with Crippen molar-refractivity contribution >= 4 is 12.0 Å². The lowest BCUT2D eigenvalue weighted by molar-refractivity contribution is -0.132. The van der Waals surface area contributed by atoms with Gasteiger partial charge in [-0.2, -0.15) is 0 Å². The van der Waals surface area contributed by atoms with Crippen molar-refractivity contribution < 1.29 is 24.1 Å². The fourth-order valence-corrected chi connectivity index (χ4v) is 1.78. The molecule has 0 aliphatic heterocycles. The number of carboxylic acids is 1. The number of allylic oxidation sites excluding steroid dienone is 1. The fraction of sp³-hybridized carbons (Fsp3) is 0.312. The highest BCUT2D eigenvalue weighted by Crippen LogP contribution is 2.38. The van der Waals surface area contributed by atoms with Gasteiger partial charge in [-0.3, -0.25) is 0 Å². The van der Waals surface area contributed by atoms with Crippen LogP contribution < -0.4 is 14.2 Å². The maximum absolute atomic E-state index is 10.6. The molecule has 21 heavy (non-hydrogen) atoms. The monoisotopic (exact) mass is 292 g/mol. The van der Waals surface area contributed by atoms with Crippen molar-refractivity contribution in [1.29, 1.82) is 0 Å². The molecular formula is C16H20O5. The van der Waals surface area contributed by atoms with E-state index in [1.54, 1.807) is 21.3 Å². The van der Waals surface area contributed by atoms with E-state index < -0.39 is 5.97 Å². The summed E-state index contributed by atoms with van der Waals surface area (Å²) in [4.78, 5) is 10.6. The third-order valence-corrected chi connectivity index (χ3v) is 2.91. The molecule has 0 spiro atoms. The summed E-state index contributed by atoms with van der Waals surface area (Å²) in [5.74, 6) is 0.727. The maximum atomic E-state index is 10.6. The predicted molar refractivity (Wildman–Crippen MR) is 81.1 cm³/mol. The van der Waals surface area contributed by atoms with Gasteiger partial charge in [-0.25, -0.2) is 4.79 Å². The van der Waals surface area contributed by atoms with Gasteiger partial charge in [-0.05, 0) is 30.5 Å². The lowest BCUT2D eigenvalue weighted by Crippen LogP contribution is -1.97. The second-order valence-electron chi connectivity index (χ2n) is 4.31. The van der Waals surface area contributed by atoms with Gasteiger partial charge in [0.15, 0.2) is 11.5 Å². The summed E-state index contributed by atoms with van der Waals surface area (Å²) in [6.07, 6.45) is 4.77. The van der Waals surface area contributed by atoms with Crippen LogP contribution in [0.5, 0.6) is 17.2 Å². The smallest absolute Gasteiger partial charge is 0.330 e. The van der Waals surface area contributed by atoms with E-state index >= 15 is 0 Å². The van der Waals surface area contributed by atoms with Crippen LogP contribution in [-0.4, -0.2) is 32.4 Å². The van der Waals surface area contributed by atoms with Crippen LogP contribution in [0.15, 0.2) is 30.4 Å². The summed E-state index contributed by atoms with van der Waals surface area (Å²) in [5, 5.41) is 8.72. The fourth-order valence-electron chi connectivity index (χ4n) is 1.78. The molecule has 0 aromatic heterocycles. The van der Waals surface area contributed by atoms with Crippen LogP contribution in [0.2, 0.25) is 0 Å². The molecule has 0 saturated carbocycles. The van der Waals surface area contributed by atoms with Crippen LogP contribution in [-0.2, 0) is 4.79 Å². The third kappa shape index (κ3) is 4.56. The number of rotatable bonds is 8. The number of ether oxygens (including phenoxy) is 3. The number of aliphatic carboxylic acids is 1. The zero-order valence-corrected chi connectivity index (χ0v) is 12.5. The molecule has 114 valence electrons. The summed E-state index contributed by atoms with van der Waals surface area (Å²) in [6, 6.07) is 3.65. The summed E-state index contributed by atoms with van der Waals surface area (Å²) in [7, 11) is 4.66. The first-order valence-corrected chi connectivity index (χ1v) is 6.41. The lowest BCUT2D eigenvalue weighted by Gasteiger charge is -2.12. The molecule has 1 N–H and O–H groups in total. The summed E-state index contributed by atoms with van der Waals surface area (Å²) in [5.41, 5.74) is 1.08. The van der Waals surface area contributed by atoms with Gasteiger partial charge in [0.1, 0.15) is 0 Å².